The Morgan fingerprint density at radius 3 is 2.64 bits per heavy atom. The Balaban J connectivity index is 1.71. The van der Waals surface area contributed by atoms with Crippen molar-refractivity contribution in [3.63, 3.8) is 0 Å². The van der Waals surface area contributed by atoms with Gasteiger partial charge in [-0.1, -0.05) is 6.07 Å². The van der Waals surface area contributed by atoms with Gasteiger partial charge in [0.15, 0.2) is 0 Å². The van der Waals surface area contributed by atoms with Crippen molar-refractivity contribution >= 4 is 23.2 Å². The van der Waals surface area contributed by atoms with Crippen LogP contribution in [-0.4, -0.2) is 32.6 Å². The van der Waals surface area contributed by atoms with Gasteiger partial charge in [-0.2, -0.15) is 0 Å². The molecule has 2 N–H and O–H groups in total. The lowest BCUT2D eigenvalue weighted by molar-refractivity contribution is -0.121. The summed E-state index contributed by atoms with van der Waals surface area (Å²) in [6.45, 7) is 0.827. The van der Waals surface area contributed by atoms with E-state index < -0.39 is 0 Å². The van der Waals surface area contributed by atoms with Gasteiger partial charge in [-0.15, -0.1) is 11.3 Å². The van der Waals surface area contributed by atoms with Crippen LogP contribution in [-0.2, 0) is 11.3 Å². The van der Waals surface area contributed by atoms with E-state index in [1.54, 1.807) is 32.4 Å². The molecule has 0 saturated heterocycles. The SMILES string of the molecule is COc1ccc(OC)c(CNC(=O)CCCNC(=O)c2cccs2)c1. The fourth-order valence-corrected chi connectivity index (χ4v) is 2.89. The molecule has 0 radical (unpaired) electrons. The van der Waals surface area contributed by atoms with Gasteiger partial charge in [0.25, 0.3) is 5.91 Å². The monoisotopic (exact) mass is 362 g/mol. The van der Waals surface area contributed by atoms with Gasteiger partial charge < -0.3 is 20.1 Å². The molecule has 0 aliphatic rings. The molecule has 1 heterocycles. The number of benzene rings is 1. The molecular formula is C18H22N2O4S. The summed E-state index contributed by atoms with van der Waals surface area (Å²) in [5.74, 6) is 1.23. The van der Waals surface area contributed by atoms with Crippen LogP contribution in [0.5, 0.6) is 11.5 Å². The van der Waals surface area contributed by atoms with Crippen LogP contribution in [0.2, 0.25) is 0 Å². The first kappa shape index (κ1) is 18.8. The second-order valence-corrected chi connectivity index (χ2v) is 6.24. The molecule has 0 unspecified atom stereocenters. The fourth-order valence-electron chi connectivity index (χ4n) is 2.25. The number of nitrogens with one attached hydrogen (secondary N) is 2. The van der Waals surface area contributed by atoms with Crippen molar-refractivity contribution in [1.29, 1.82) is 0 Å². The van der Waals surface area contributed by atoms with Crippen LogP contribution in [0.15, 0.2) is 35.7 Å². The molecule has 0 spiro atoms. The average molecular weight is 362 g/mol. The van der Waals surface area contributed by atoms with Crippen molar-refractivity contribution in [3.05, 3.63) is 46.2 Å². The first-order valence-corrected chi connectivity index (χ1v) is 8.81. The molecular weight excluding hydrogens is 340 g/mol. The lowest BCUT2D eigenvalue weighted by atomic mass is 10.2. The summed E-state index contributed by atoms with van der Waals surface area (Å²) < 4.78 is 10.5. The van der Waals surface area contributed by atoms with Crippen molar-refractivity contribution in [2.24, 2.45) is 0 Å². The lowest BCUT2D eigenvalue weighted by Crippen LogP contribution is -2.27. The summed E-state index contributed by atoms with van der Waals surface area (Å²) in [5, 5.41) is 7.51. The van der Waals surface area contributed by atoms with Crippen molar-refractivity contribution in [3.8, 4) is 11.5 Å². The van der Waals surface area contributed by atoms with Crippen molar-refractivity contribution in [2.45, 2.75) is 19.4 Å². The second kappa shape index (κ2) is 9.68. The Hall–Kier alpha value is -2.54. The van der Waals surface area contributed by atoms with Crippen molar-refractivity contribution < 1.29 is 19.1 Å². The molecule has 0 atom stereocenters. The van der Waals surface area contributed by atoms with Gasteiger partial charge in [0, 0.05) is 25.1 Å². The predicted molar refractivity (Wildman–Crippen MR) is 97.3 cm³/mol. The molecule has 2 rings (SSSR count). The predicted octanol–water partition coefficient (Wildman–Crippen LogP) is 2.59. The number of carbonyl (C=O) groups excluding carboxylic acids is 2. The smallest absolute Gasteiger partial charge is 0.261 e. The highest BCUT2D eigenvalue weighted by Crippen LogP contribution is 2.23. The van der Waals surface area contributed by atoms with Gasteiger partial charge >= 0.3 is 0 Å². The number of amides is 2. The fraction of sp³-hybridized carbons (Fsp3) is 0.333. The number of carbonyl (C=O) groups is 2. The third-order valence-corrected chi connectivity index (χ3v) is 4.44. The molecule has 0 bridgehead atoms. The number of methoxy groups -OCH3 is 2. The lowest BCUT2D eigenvalue weighted by Gasteiger charge is -2.11. The maximum Gasteiger partial charge on any atom is 0.261 e. The van der Waals surface area contributed by atoms with Crippen LogP contribution in [0.3, 0.4) is 0 Å². The summed E-state index contributed by atoms with van der Waals surface area (Å²) in [4.78, 5) is 24.4. The molecule has 0 aliphatic carbocycles. The first-order valence-electron chi connectivity index (χ1n) is 7.93. The Morgan fingerprint density at radius 2 is 1.96 bits per heavy atom. The third kappa shape index (κ3) is 5.79. The second-order valence-electron chi connectivity index (χ2n) is 5.29. The van der Waals surface area contributed by atoms with E-state index in [-0.39, 0.29) is 11.8 Å². The highest BCUT2D eigenvalue weighted by Gasteiger charge is 2.08. The highest BCUT2D eigenvalue weighted by molar-refractivity contribution is 7.12. The van der Waals surface area contributed by atoms with Crippen molar-refractivity contribution in [2.75, 3.05) is 20.8 Å². The molecule has 7 heteroatoms. The van der Waals surface area contributed by atoms with E-state index in [1.807, 2.05) is 17.5 Å². The van der Waals surface area contributed by atoms with Crippen LogP contribution >= 0.6 is 11.3 Å². The number of rotatable bonds is 9. The van der Waals surface area contributed by atoms with Crippen LogP contribution in [0, 0.1) is 0 Å². The Bertz CT molecular complexity index is 701. The highest BCUT2D eigenvalue weighted by atomic mass is 32.1. The average Bonchev–Trinajstić information content (AvgIpc) is 3.17. The molecule has 2 amide bonds. The zero-order chi connectivity index (χ0) is 18.1. The standard InChI is InChI=1S/C18H22N2O4S/c1-23-14-7-8-15(24-2)13(11-14)12-20-17(21)6-3-9-19-18(22)16-5-4-10-25-16/h4-5,7-8,10-11H,3,6,9,12H2,1-2H3,(H,19,22)(H,20,21). The van der Waals surface area contributed by atoms with E-state index >= 15 is 0 Å². The van der Waals surface area contributed by atoms with Crippen LogP contribution < -0.4 is 20.1 Å². The summed E-state index contributed by atoms with van der Waals surface area (Å²) in [5.41, 5.74) is 0.848. The molecule has 6 nitrogen and oxygen atoms in total. The molecule has 0 fully saturated rings. The third-order valence-electron chi connectivity index (χ3n) is 3.57. The van der Waals surface area contributed by atoms with Gasteiger partial charge in [-0.3, -0.25) is 9.59 Å². The summed E-state index contributed by atoms with van der Waals surface area (Å²) in [7, 11) is 3.18. The topological polar surface area (TPSA) is 76.7 Å². The summed E-state index contributed by atoms with van der Waals surface area (Å²) in [6, 6.07) is 9.05. The molecule has 0 saturated carbocycles. The molecule has 134 valence electrons. The maximum absolute atomic E-state index is 11.9. The van der Waals surface area contributed by atoms with E-state index in [0.29, 0.717) is 42.3 Å². The minimum atomic E-state index is -0.100. The molecule has 1 aromatic heterocycles. The Kier molecular flexibility index (Phi) is 7.28. The minimum absolute atomic E-state index is 0.0738. The molecule has 2 aromatic rings. The largest absolute Gasteiger partial charge is 0.497 e. The molecule has 1 aromatic carbocycles. The summed E-state index contributed by atoms with van der Waals surface area (Å²) in [6.07, 6.45) is 0.926. The number of thiophene rings is 1. The zero-order valence-electron chi connectivity index (χ0n) is 14.3. The Labute approximate surface area is 151 Å². The van der Waals surface area contributed by atoms with Gasteiger partial charge in [0.2, 0.25) is 5.91 Å². The Morgan fingerprint density at radius 1 is 1.12 bits per heavy atom. The van der Waals surface area contributed by atoms with E-state index in [9.17, 15) is 9.59 Å². The molecule has 25 heavy (non-hydrogen) atoms. The number of hydrogen-bond acceptors (Lipinski definition) is 5. The van der Waals surface area contributed by atoms with Gasteiger partial charge in [-0.25, -0.2) is 0 Å². The summed E-state index contributed by atoms with van der Waals surface area (Å²) >= 11 is 1.39. The van der Waals surface area contributed by atoms with Gasteiger partial charge in [-0.05, 0) is 36.1 Å². The van der Waals surface area contributed by atoms with E-state index in [2.05, 4.69) is 10.6 Å². The quantitative estimate of drug-likeness (QED) is 0.672. The zero-order valence-corrected chi connectivity index (χ0v) is 15.2. The van der Waals surface area contributed by atoms with E-state index in [4.69, 9.17) is 9.47 Å². The van der Waals surface area contributed by atoms with Crippen LogP contribution in [0.4, 0.5) is 0 Å². The van der Waals surface area contributed by atoms with Gasteiger partial charge in [0.1, 0.15) is 11.5 Å². The maximum atomic E-state index is 11.9. The number of ether oxygens (including phenoxy) is 2. The first-order chi connectivity index (χ1) is 12.1. The van der Waals surface area contributed by atoms with Gasteiger partial charge in [0.05, 0.1) is 19.1 Å². The number of hydrogen-bond donors (Lipinski definition) is 2. The van der Waals surface area contributed by atoms with E-state index in [0.717, 1.165) is 5.56 Å². The van der Waals surface area contributed by atoms with Crippen LogP contribution in [0.1, 0.15) is 28.1 Å². The van der Waals surface area contributed by atoms with Crippen LogP contribution in [0.25, 0.3) is 0 Å². The molecule has 0 aliphatic heterocycles. The van der Waals surface area contributed by atoms with Crippen molar-refractivity contribution in [1.82, 2.24) is 10.6 Å². The normalized spacial score (nSPS) is 10.2. The minimum Gasteiger partial charge on any atom is -0.497 e. The van der Waals surface area contributed by atoms with E-state index in [1.165, 1.54) is 11.3 Å².